The number of imidazole rings is 1. The molecule has 1 aromatic carbocycles. The van der Waals surface area contributed by atoms with E-state index >= 15 is 0 Å². The first-order chi connectivity index (χ1) is 8.74. The molecule has 0 fully saturated rings. The first-order valence-corrected chi connectivity index (χ1v) is 6.42. The van der Waals surface area contributed by atoms with Crippen molar-refractivity contribution in [3.8, 4) is 0 Å². The van der Waals surface area contributed by atoms with Gasteiger partial charge in [-0.05, 0) is 28.1 Å². The van der Waals surface area contributed by atoms with Gasteiger partial charge in [0.2, 0.25) is 0 Å². The van der Waals surface area contributed by atoms with Crippen molar-refractivity contribution in [3.05, 3.63) is 52.5 Å². The lowest BCUT2D eigenvalue weighted by molar-refractivity contribution is 1.10. The van der Waals surface area contributed by atoms with Crippen LogP contribution in [0.15, 0.2) is 47.5 Å². The van der Waals surface area contributed by atoms with Crippen molar-refractivity contribution in [1.29, 1.82) is 0 Å². The summed E-state index contributed by atoms with van der Waals surface area (Å²) in [4.78, 5) is 8.63. The van der Waals surface area contributed by atoms with E-state index in [1.165, 1.54) is 0 Å². The summed E-state index contributed by atoms with van der Waals surface area (Å²) < 4.78 is 2.61. The van der Waals surface area contributed by atoms with Crippen molar-refractivity contribution >= 4 is 44.7 Å². The van der Waals surface area contributed by atoms with Crippen LogP contribution in [0, 0.1) is 0 Å². The van der Waals surface area contributed by atoms with Crippen molar-refractivity contribution in [1.82, 2.24) is 14.4 Å². The second-order valence-corrected chi connectivity index (χ2v) is 4.89. The number of hydrogen-bond acceptors (Lipinski definition) is 3. The number of halogens is 2. The summed E-state index contributed by atoms with van der Waals surface area (Å²) in [5.41, 5.74) is 1.55. The number of nitrogens with one attached hydrogen (secondary N) is 1. The molecule has 0 amide bonds. The smallest absolute Gasteiger partial charge is 0.180 e. The minimum Gasteiger partial charge on any atom is -0.336 e. The zero-order valence-electron chi connectivity index (χ0n) is 9.14. The number of rotatable bonds is 2. The lowest BCUT2D eigenvalue weighted by Gasteiger charge is -2.08. The molecule has 2 aromatic heterocycles. The predicted octanol–water partition coefficient (Wildman–Crippen LogP) is 3.89. The number of anilines is 2. The molecule has 1 N–H and O–H groups in total. The van der Waals surface area contributed by atoms with E-state index in [4.69, 9.17) is 11.6 Å². The van der Waals surface area contributed by atoms with E-state index in [2.05, 4.69) is 31.2 Å². The minimum absolute atomic E-state index is 0.643. The Kier molecular flexibility index (Phi) is 2.93. The van der Waals surface area contributed by atoms with Crippen LogP contribution in [0.3, 0.4) is 0 Å². The highest BCUT2D eigenvalue weighted by Gasteiger charge is 2.08. The zero-order chi connectivity index (χ0) is 12.5. The van der Waals surface area contributed by atoms with E-state index in [1.54, 1.807) is 6.20 Å². The van der Waals surface area contributed by atoms with Crippen LogP contribution < -0.4 is 5.32 Å². The summed E-state index contributed by atoms with van der Waals surface area (Å²) in [6, 6.07) is 7.51. The van der Waals surface area contributed by atoms with E-state index in [0.717, 1.165) is 15.9 Å². The molecular formula is C12H8BrClN4. The third-order valence-electron chi connectivity index (χ3n) is 2.47. The topological polar surface area (TPSA) is 42.2 Å². The van der Waals surface area contributed by atoms with Gasteiger partial charge in [-0.15, -0.1) is 0 Å². The van der Waals surface area contributed by atoms with Gasteiger partial charge in [0.05, 0.1) is 10.7 Å². The monoisotopic (exact) mass is 322 g/mol. The molecular weight excluding hydrogens is 316 g/mol. The van der Waals surface area contributed by atoms with Crippen LogP contribution in [-0.2, 0) is 0 Å². The zero-order valence-corrected chi connectivity index (χ0v) is 11.5. The molecule has 3 rings (SSSR count). The molecule has 2 heterocycles. The van der Waals surface area contributed by atoms with E-state index in [1.807, 2.05) is 41.1 Å². The lowest BCUT2D eigenvalue weighted by atomic mass is 10.3. The number of hydrogen-bond donors (Lipinski definition) is 1. The average Bonchev–Trinajstić information content (AvgIpc) is 2.80. The van der Waals surface area contributed by atoms with Gasteiger partial charge in [0.25, 0.3) is 0 Å². The van der Waals surface area contributed by atoms with Crippen LogP contribution in [-0.4, -0.2) is 14.4 Å². The van der Waals surface area contributed by atoms with Crippen LogP contribution >= 0.6 is 27.5 Å². The standard InChI is InChI=1S/C12H8BrClN4/c13-10-7-18-6-5-15-12(18)11(17-10)16-9-4-2-1-3-8(9)14/h1-7H,(H,16,17). The van der Waals surface area contributed by atoms with E-state index in [9.17, 15) is 0 Å². The maximum absolute atomic E-state index is 6.11. The van der Waals surface area contributed by atoms with Gasteiger partial charge >= 0.3 is 0 Å². The van der Waals surface area contributed by atoms with Gasteiger partial charge in [0.1, 0.15) is 4.60 Å². The summed E-state index contributed by atoms with van der Waals surface area (Å²) in [5, 5.41) is 3.83. The Balaban J connectivity index is 2.10. The Hall–Kier alpha value is -1.59. The third-order valence-corrected chi connectivity index (χ3v) is 3.18. The van der Waals surface area contributed by atoms with Gasteiger partial charge in [-0.25, -0.2) is 9.97 Å². The molecule has 0 aliphatic rings. The molecule has 0 saturated carbocycles. The summed E-state index contributed by atoms with van der Waals surface area (Å²) in [7, 11) is 0. The second kappa shape index (κ2) is 4.59. The molecule has 0 aliphatic heterocycles. The fraction of sp³-hybridized carbons (Fsp3) is 0. The highest BCUT2D eigenvalue weighted by atomic mass is 79.9. The lowest BCUT2D eigenvalue weighted by Crippen LogP contribution is -1.99. The van der Waals surface area contributed by atoms with Crippen LogP contribution in [0.2, 0.25) is 5.02 Å². The highest BCUT2D eigenvalue weighted by molar-refractivity contribution is 9.10. The molecule has 6 heteroatoms. The molecule has 0 radical (unpaired) electrons. The number of nitrogens with zero attached hydrogens (tertiary/aromatic N) is 3. The van der Waals surface area contributed by atoms with E-state index < -0.39 is 0 Å². The quantitative estimate of drug-likeness (QED) is 0.778. The van der Waals surface area contributed by atoms with Crippen LogP contribution in [0.5, 0.6) is 0 Å². The average molecular weight is 324 g/mol. The molecule has 18 heavy (non-hydrogen) atoms. The molecule has 0 aliphatic carbocycles. The summed E-state index contributed by atoms with van der Waals surface area (Å²) in [6.45, 7) is 0. The highest BCUT2D eigenvalue weighted by Crippen LogP contribution is 2.26. The Bertz CT molecular complexity index is 710. The largest absolute Gasteiger partial charge is 0.336 e. The molecule has 0 saturated heterocycles. The SMILES string of the molecule is Clc1ccccc1Nc1nc(Br)cn2ccnc12. The van der Waals surface area contributed by atoms with Crippen molar-refractivity contribution in [3.63, 3.8) is 0 Å². The number of benzene rings is 1. The van der Waals surface area contributed by atoms with Crippen LogP contribution in [0.1, 0.15) is 0 Å². The Morgan fingerprint density at radius 1 is 1.28 bits per heavy atom. The van der Waals surface area contributed by atoms with Crippen molar-refractivity contribution in [2.24, 2.45) is 0 Å². The summed E-state index contributed by atoms with van der Waals surface area (Å²) >= 11 is 9.48. The fourth-order valence-corrected chi connectivity index (χ4v) is 2.26. The Morgan fingerprint density at radius 3 is 2.94 bits per heavy atom. The first kappa shape index (κ1) is 11.5. The van der Waals surface area contributed by atoms with Gasteiger partial charge in [-0.1, -0.05) is 23.7 Å². The summed E-state index contributed by atoms with van der Waals surface area (Å²) in [5.74, 6) is 0.655. The van der Waals surface area contributed by atoms with Gasteiger partial charge in [0.15, 0.2) is 11.5 Å². The minimum atomic E-state index is 0.643. The molecule has 4 nitrogen and oxygen atoms in total. The van der Waals surface area contributed by atoms with Crippen LogP contribution in [0.4, 0.5) is 11.5 Å². The molecule has 0 atom stereocenters. The third kappa shape index (κ3) is 2.07. The number of para-hydroxylation sites is 1. The molecule has 90 valence electrons. The molecule has 0 bridgehead atoms. The van der Waals surface area contributed by atoms with E-state index in [0.29, 0.717) is 10.8 Å². The fourth-order valence-electron chi connectivity index (χ4n) is 1.68. The van der Waals surface area contributed by atoms with Crippen LogP contribution in [0.25, 0.3) is 5.65 Å². The molecule has 0 unspecified atom stereocenters. The predicted molar refractivity (Wildman–Crippen MR) is 75.4 cm³/mol. The Labute approximate surface area is 117 Å². The van der Waals surface area contributed by atoms with Gasteiger partial charge in [-0.2, -0.15) is 0 Å². The first-order valence-electron chi connectivity index (χ1n) is 5.25. The molecule has 0 spiro atoms. The van der Waals surface area contributed by atoms with E-state index in [-0.39, 0.29) is 0 Å². The number of fused-ring (bicyclic) bond motifs is 1. The second-order valence-electron chi connectivity index (χ2n) is 3.68. The van der Waals surface area contributed by atoms with Gasteiger partial charge in [0, 0.05) is 18.6 Å². The number of aromatic nitrogens is 3. The van der Waals surface area contributed by atoms with Crippen molar-refractivity contribution < 1.29 is 0 Å². The van der Waals surface area contributed by atoms with Crippen molar-refractivity contribution in [2.75, 3.05) is 5.32 Å². The maximum atomic E-state index is 6.11. The van der Waals surface area contributed by atoms with Gasteiger partial charge < -0.3 is 9.72 Å². The molecule has 3 aromatic rings. The normalized spacial score (nSPS) is 10.8. The van der Waals surface area contributed by atoms with Gasteiger partial charge in [-0.3, -0.25) is 0 Å². The Morgan fingerprint density at radius 2 is 2.11 bits per heavy atom. The summed E-state index contributed by atoms with van der Waals surface area (Å²) in [6.07, 6.45) is 5.43. The maximum Gasteiger partial charge on any atom is 0.180 e. The van der Waals surface area contributed by atoms with Crippen molar-refractivity contribution in [2.45, 2.75) is 0 Å².